The average Bonchev–Trinajstić information content (AvgIpc) is 2.95. The third-order valence-corrected chi connectivity index (χ3v) is 3.74. The molecule has 0 aliphatic heterocycles. The smallest absolute Gasteiger partial charge is 0.258 e. The fourth-order valence-electron chi connectivity index (χ4n) is 2.05. The molecule has 0 bridgehead atoms. The van der Waals surface area contributed by atoms with E-state index in [0.29, 0.717) is 10.7 Å². The largest absolute Gasteiger partial charge is 0.311 e. The Morgan fingerprint density at radius 2 is 2.15 bits per heavy atom. The number of amides is 1. The molecule has 0 atom stereocenters. The van der Waals surface area contributed by atoms with Crippen LogP contribution in [0.15, 0.2) is 46.7 Å². The molecule has 0 saturated heterocycles. The SMILES string of the molecule is Cn1c(=O)cc(C(=O)Nc2nccs2)c2ccccc21. The zero-order valence-electron chi connectivity index (χ0n) is 10.7. The van der Waals surface area contributed by atoms with Crippen molar-refractivity contribution in [1.82, 2.24) is 9.55 Å². The molecule has 0 aliphatic rings. The van der Waals surface area contributed by atoms with Crippen LogP contribution < -0.4 is 10.9 Å². The van der Waals surface area contributed by atoms with Gasteiger partial charge in [-0.25, -0.2) is 4.98 Å². The minimum absolute atomic E-state index is 0.215. The van der Waals surface area contributed by atoms with Crippen LogP contribution in [0.1, 0.15) is 10.4 Å². The second-order valence-electron chi connectivity index (χ2n) is 4.26. The third kappa shape index (κ3) is 2.10. The molecule has 6 heteroatoms. The number of hydrogen-bond donors (Lipinski definition) is 1. The lowest BCUT2D eigenvalue weighted by molar-refractivity contribution is 0.102. The number of fused-ring (bicyclic) bond motifs is 1. The van der Waals surface area contributed by atoms with Gasteiger partial charge >= 0.3 is 0 Å². The molecule has 20 heavy (non-hydrogen) atoms. The van der Waals surface area contributed by atoms with Crippen LogP contribution in [-0.2, 0) is 7.05 Å². The first kappa shape index (κ1) is 12.6. The fourth-order valence-corrected chi connectivity index (χ4v) is 2.57. The maximum atomic E-state index is 12.3. The monoisotopic (exact) mass is 285 g/mol. The molecule has 1 amide bonds. The highest BCUT2D eigenvalue weighted by Gasteiger charge is 2.14. The van der Waals surface area contributed by atoms with Gasteiger partial charge in [0.1, 0.15) is 0 Å². The van der Waals surface area contributed by atoms with Gasteiger partial charge in [-0.2, -0.15) is 0 Å². The summed E-state index contributed by atoms with van der Waals surface area (Å²) in [6, 6.07) is 8.67. The van der Waals surface area contributed by atoms with Crippen LogP contribution in [-0.4, -0.2) is 15.5 Å². The number of para-hydroxylation sites is 1. The predicted octanol–water partition coefficient (Wildman–Crippen LogP) is 2.25. The lowest BCUT2D eigenvalue weighted by Crippen LogP contribution is -2.21. The summed E-state index contributed by atoms with van der Waals surface area (Å²) in [4.78, 5) is 28.2. The lowest BCUT2D eigenvalue weighted by atomic mass is 10.1. The third-order valence-electron chi connectivity index (χ3n) is 3.05. The number of thiazole rings is 1. The molecule has 100 valence electrons. The maximum absolute atomic E-state index is 12.3. The zero-order chi connectivity index (χ0) is 14.1. The van der Waals surface area contributed by atoms with E-state index in [1.54, 1.807) is 18.6 Å². The molecular weight excluding hydrogens is 274 g/mol. The van der Waals surface area contributed by atoms with Crippen LogP contribution in [0.3, 0.4) is 0 Å². The molecule has 2 aromatic heterocycles. The lowest BCUT2D eigenvalue weighted by Gasteiger charge is -2.09. The van der Waals surface area contributed by atoms with E-state index in [0.717, 1.165) is 10.9 Å². The van der Waals surface area contributed by atoms with Gasteiger partial charge in [-0.15, -0.1) is 11.3 Å². The minimum Gasteiger partial charge on any atom is -0.311 e. The van der Waals surface area contributed by atoms with Gasteiger partial charge in [-0.3, -0.25) is 14.9 Å². The van der Waals surface area contributed by atoms with E-state index >= 15 is 0 Å². The summed E-state index contributed by atoms with van der Waals surface area (Å²) in [6.45, 7) is 0. The molecule has 3 aromatic rings. The van der Waals surface area contributed by atoms with Crippen molar-refractivity contribution in [2.75, 3.05) is 5.32 Å². The highest BCUT2D eigenvalue weighted by molar-refractivity contribution is 7.13. The molecular formula is C14H11N3O2S. The van der Waals surface area contributed by atoms with Crippen molar-refractivity contribution >= 4 is 33.3 Å². The highest BCUT2D eigenvalue weighted by Crippen LogP contribution is 2.18. The van der Waals surface area contributed by atoms with E-state index in [1.807, 2.05) is 24.3 Å². The molecule has 5 nitrogen and oxygen atoms in total. The molecule has 0 saturated carbocycles. The van der Waals surface area contributed by atoms with Gasteiger partial charge in [0.25, 0.3) is 11.5 Å². The Morgan fingerprint density at radius 1 is 1.35 bits per heavy atom. The van der Waals surface area contributed by atoms with Gasteiger partial charge in [-0.05, 0) is 6.07 Å². The number of anilines is 1. The standard InChI is InChI=1S/C14H11N3O2S/c1-17-11-5-3-2-4-9(11)10(8-12(17)18)13(19)16-14-15-6-7-20-14/h2-8H,1H3,(H,15,16,19). The average molecular weight is 285 g/mol. The van der Waals surface area contributed by atoms with Crippen molar-refractivity contribution in [3.63, 3.8) is 0 Å². The Balaban J connectivity index is 2.14. The van der Waals surface area contributed by atoms with Gasteiger partial charge in [0.05, 0.1) is 11.1 Å². The van der Waals surface area contributed by atoms with Crippen molar-refractivity contribution < 1.29 is 4.79 Å². The van der Waals surface area contributed by atoms with E-state index in [9.17, 15) is 9.59 Å². The normalized spacial score (nSPS) is 10.7. The van der Waals surface area contributed by atoms with Gasteiger partial charge in [0.2, 0.25) is 0 Å². The number of benzene rings is 1. The Labute approximate surface area is 118 Å². The fraction of sp³-hybridized carbons (Fsp3) is 0.0714. The molecule has 2 heterocycles. The number of aromatic nitrogens is 2. The molecule has 3 rings (SSSR count). The Bertz CT molecular complexity index is 837. The van der Waals surface area contributed by atoms with Gasteiger partial charge in [0.15, 0.2) is 5.13 Å². The van der Waals surface area contributed by atoms with E-state index < -0.39 is 0 Å². The molecule has 1 aromatic carbocycles. The van der Waals surface area contributed by atoms with Crippen molar-refractivity contribution in [1.29, 1.82) is 0 Å². The number of nitrogens with one attached hydrogen (secondary N) is 1. The summed E-state index contributed by atoms with van der Waals surface area (Å²) in [5.74, 6) is -0.325. The Hall–Kier alpha value is -2.47. The number of aryl methyl sites for hydroxylation is 1. The number of carbonyl (C=O) groups is 1. The summed E-state index contributed by atoms with van der Waals surface area (Å²) in [7, 11) is 1.69. The van der Waals surface area contributed by atoms with Crippen molar-refractivity contribution in [3.05, 3.63) is 57.8 Å². The van der Waals surface area contributed by atoms with Crippen molar-refractivity contribution in [2.24, 2.45) is 7.05 Å². The van der Waals surface area contributed by atoms with Crippen LogP contribution in [0.5, 0.6) is 0 Å². The summed E-state index contributed by atoms with van der Waals surface area (Å²) >= 11 is 1.33. The van der Waals surface area contributed by atoms with Crippen LogP contribution in [0.4, 0.5) is 5.13 Å². The second-order valence-corrected chi connectivity index (χ2v) is 5.16. The topological polar surface area (TPSA) is 64.0 Å². The molecule has 0 aliphatic carbocycles. The maximum Gasteiger partial charge on any atom is 0.258 e. The van der Waals surface area contributed by atoms with Gasteiger partial charge in [-0.1, -0.05) is 18.2 Å². The first-order chi connectivity index (χ1) is 9.66. The van der Waals surface area contributed by atoms with Crippen molar-refractivity contribution in [2.45, 2.75) is 0 Å². The highest BCUT2D eigenvalue weighted by atomic mass is 32.1. The summed E-state index contributed by atoms with van der Waals surface area (Å²) in [5.41, 5.74) is 0.871. The van der Waals surface area contributed by atoms with Crippen LogP contribution in [0.2, 0.25) is 0 Å². The quantitative estimate of drug-likeness (QED) is 0.785. The molecule has 0 spiro atoms. The van der Waals surface area contributed by atoms with Crippen LogP contribution in [0, 0.1) is 0 Å². The van der Waals surface area contributed by atoms with E-state index in [-0.39, 0.29) is 11.5 Å². The zero-order valence-corrected chi connectivity index (χ0v) is 11.5. The Morgan fingerprint density at radius 3 is 2.90 bits per heavy atom. The number of carbonyl (C=O) groups excluding carboxylic acids is 1. The minimum atomic E-state index is -0.325. The van der Waals surface area contributed by atoms with E-state index in [1.165, 1.54) is 22.0 Å². The molecule has 0 fully saturated rings. The number of hydrogen-bond acceptors (Lipinski definition) is 4. The summed E-state index contributed by atoms with van der Waals surface area (Å²) < 4.78 is 1.52. The second kappa shape index (κ2) is 4.90. The van der Waals surface area contributed by atoms with Gasteiger partial charge in [0, 0.05) is 30.1 Å². The first-order valence-corrected chi connectivity index (χ1v) is 6.84. The number of nitrogens with zero attached hydrogens (tertiary/aromatic N) is 2. The summed E-state index contributed by atoms with van der Waals surface area (Å²) in [5, 5.41) is 5.73. The van der Waals surface area contributed by atoms with E-state index in [2.05, 4.69) is 10.3 Å². The van der Waals surface area contributed by atoms with Crippen LogP contribution >= 0.6 is 11.3 Å². The van der Waals surface area contributed by atoms with E-state index in [4.69, 9.17) is 0 Å². The molecule has 1 N–H and O–H groups in total. The molecule has 0 unspecified atom stereocenters. The number of rotatable bonds is 2. The Kier molecular flexibility index (Phi) is 3.08. The predicted molar refractivity (Wildman–Crippen MR) is 79.3 cm³/mol. The summed E-state index contributed by atoms with van der Waals surface area (Å²) in [6.07, 6.45) is 1.61. The van der Waals surface area contributed by atoms with Crippen LogP contribution in [0.25, 0.3) is 10.9 Å². The molecule has 0 radical (unpaired) electrons. The first-order valence-electron chi connectivity index (χ1n) is 5.96. The van der Waals surface area contributed by atoms with Gasteiger partial charge < -0.3 is 4.57 Å². The number of pyridine rings is 1. The van der Waals surface area contributed by atoms with Crippen molar-refractivity contribution in [3.8, 4) is 0 Å².